The highest BCUT2D eigenvalue weighted by molar-refractivity contribution is 8.24. The molecule has 0 saturated carbocycles. The fraction of sp³-hybridized carbons (Fsp3) is 0.154. The van der Waals surface area contributed by atoms with Crippen LogP contribution in [0.15, 0.2) is 98.5 Å². The highest BCUT2D eigenvalue weighted by Crippen LogP contribution is 2.53. The van der Waals surface area contributed by atoms with Crippen molar-refractivity contribution in [1.82, 2.24) is 0 Å². The second-order valence-electron chi connectivity index (χ2n) is 8.17. The molecule has 150 valence electrons. The zero-order chi connectivity index (χ0) is 21.3. The molecule has 0 fully saturated rings. The van der Waals surface area contributed by atoms with Crippen LogP contribution in [0.5, 0.6) is 0 Å². The molecule has 0 spiro atoms. The summed E-state index contributed by atoms with van der Waals surface area (Å²) in [5, 5.41) is 0. The SMILES string of the molecule is CC(C)(C)c1ccc2c(c1)SC(=C(C(=O)c1ccccc1)C(=O)c1ccccc1)S2. The number of fused-ring (bicyclic) bond motifs is 1. The molecule has 0 aliphatic carbocycles. The van der Waals surface area contributed by atoms with Gasteiger partial charge in [0.05, 0.1) is 9.81 Å². The third-order valence-electron chi connectivity index (χ3n) is 4.95. The van der Waals surface area contributed by atoms with E-state index in [1.165, 1.54) is 29.1 Å². The van der Waals surface area contributed by atoms with Gasteiger partial charge in [0.25, 0.3) is 0 Å². The zero-order valence-electron chi connectivity index (χ0n) is 17.1. The first-order chi connectivity index (χ1) is 14.3. The van der Waals surface area contributed by atoms with E-state index in [0.29, 0.717) is 11.1 Å². The molecular formula is C26H22O2S2. The maximum Gasteiger partial charge on any atom is 0.198 e. The standard InChI is InChI=1S/C26H22O2S2/c1-26(2,3)19-14-15-20-21(16-19)30-25(29-20)22(23(27)17-10-6-4-7-11-17)24(28)18-12-8-5-9-13-18/h4-16H,1-3H3. The van der Waals surface area contributed by atoms with E-state index in [1.54, 1.807) is 24.3 Å². The van der Waals surface area contributed by atoms with Crippen LogP contribution in [0.3, 0.4) is 0 Å². The maximum absolute atomic E-state index is 13.4. The van der Waals surface area contributed by atoms with Gasteiger partial charge in [-0.15, -0.1) is 0 Å². The lowest BCUT2D eigenvalue weighted by Crippen LogP contribution is -2.15. The summed E-state index contributed by atoms with van der Waals surface area (Å²) < 4.78 is 0.749. The van der Waals surface area contributed by atoms with E-state index in [-0.39, 0.29) is 22.6 Å². The van der Waals surface area contributed by atoms with Crippen LogP contribution in [-0.4, -0.2) is 11.6 Å². The lowest BCUT2D eigenvalue weighted by molar-refractivity contribution is 0.0962. The summed E-state index contributed by atoms with van der Waals surface area (Å²) >= 11 is 3.03. The molecule has 0 unspecified atom stereocenters. The van der Waals surface area contributed by atoms with E-state index in [2.05, 4.69) is 39.0 Å². The topological polar surface area (TPSA) is 34.1 Å². The van der Waals surface area contributed by atoms with Crippen molar-refractivity contribution in [1.29, 1.82) is 0 Å². The van der Waals surface area contributed by atoms with Crippen LogP contribution in [-0.2, 0) is 5.41 Å². The molecule has 3 aromatic carbocycles. The lowest BCUT2D eigenvalue weighted by atomic mass is 9.87. The van der Waals surface area contributed by atoms with Gasteiger partial charge in [0.2, 0.25) is 0 Å². The number of Topliss-reactive ketones (excluding diaryl/α,β-unsaturated/α-hetero) is 2. The van der Waals surface area contributed by atoms with Gasteiger partial charge in [0.1, 0.15) is 0 Å². The van der Waals surface area contributed by atoms with Crippen molar-refractivity contribution in [2.45, 2.75) is 36.0 Å². The minimum absolute atomic E-state index is 0.0370. The second-order valence-corrected chi connectivity index (χ2v) is 10.5. The monoisotopic (exact) mass is 430 g/mol. The fourth-order valence-electron chi connectivity index (χ4n) is 3.22. The molecule has 1 heterocycles. The van der Waals surface area contributed by atoms with Crippen molar-refractivity contribution >= 4 is 35.1 Å². The van der Waals surface area contributed by atoms with Gasteiger partial charge in [-0.25, -0.2) is 0 Å². The number of carbonyl (C=O) groups is 2. The lowest BCUT2D eigenvalue weighted by Gasteiger charge is -2.19. The summed E-state index contributed by atoms with van der Waals surface area (Å²) in [7, 11) is 0. The highest BCUT2D eigenvalue weighted by Gasteiger charge is 2.31. The van der Waals surface area contributed by atoms with Crippen LogP contribution in [0.2, 0.25) is 0 Å². The van der Waals surface area contributed by atoms with Gasteiger partial charge in [-0.1, -0.05) is 111 Å². The normalized spacial score (nSPS) is 13.1. The summed E-state index contributed by atoms with van der Waals surface area (Å²) in [6.45, 7) is 6.55. The molecule has 0 atom stereocenters. The first-order valence-electron chi connectivity index (χ1n) is 9.78. The third kappa shape index (κ3) is 4.16. The molecule has 0 amide bonds. The van der Waals surface area contributed by atoms with E-state index >= 15 is 0 Å². The minimum Gasteiger partial charge on any atom is -0.288 e. The van der Waals surface area contributed by atoms with Gasteiger partial charge in [-0.05, 0) is 23.1 Å². The van der Waals surface area contributed by atoms with Gasteiger partial charge in [0.15, 0.2) is 11.6 Å². The first kappa shape index (κ1) is 20.7. The highest BCUT2D eigenvalue weighted by atomic mass is 32.2. The maximum atomic E-state index is 13.4. The number of ketones is 2. The zero-order valence-corrected chi connectivity index (χ0v) is 18.8. The molecule has 0 saturated heterocycles. The number of rotatable bonds is 4. The molecule has 0 N–H and O–H groups in total. The summed E-state index contributed by atoms with van der Waals surface area (Å²) in [6, 6.07) is 24.5. The summed E-state index contributed by atoms with van der Waals surface area (Å²) in [4.78, 5) is 29.0. The van der Waals surface area contributed by atoms with E-state index < -0.39 is 0 Å². The Morgan fingerprint density at radius 1 is 0.667 bits per heavy atom. The predicted octanol–water partition coefficient (Wildman–Crippen LogP) is 7.16. The number of thioether (sulfide) groups is 2. The average Bonchev–Trinajstić information content (AvgIpc) is 3.17. The summed E-state index contributed by atoms with van der Waals surface area (Å²) in [6.07, 6.45) is 0. The fourth-order valence-corrected chi connectivity index (χ4v) is 5.80. The molecule has 1 aliphatic heterocycles. The largest absolute Gasteiger partial charge is 0.288 e. The smallest absolute Gasteiger partial charge is 0.198 e. The molecule has 0 radical (unpaired) electrons. The predicted molar refractivity (Wildman–Crippen MR) is 125 cm³/mol. The average molecular weight is 431 g/mol. The molecular weight excluding hydrogens is 408 g/mol. The number of allylic oxidation sites excluding steroid dienone is 1. The number of hydrogen-bond donors (Lipinski definition) is 0. The minimum atomic E-state index is -0.233. The molecule has 30 heavy (non-hydrogen) atoms. The van der Waals surface area contributed by atoms with Crippen LogP contribution in [0.1, 0.15) is 47.1 Å². The Hall–Kier alpha value is -2.56. The van der Waals surface area contributed by atoms with E-state index in [0.717, 1.165) is 14.0 Å². The summed E-state index contributed by atoms with van der Waals surface area (Å²) in [5.41, 5.74) is 2.57. The molecule has 4 rings (SSSR count). The van der Waals surface area contributed by atoms with Crippen LogP contribution >= 0.6 is 23.5 Å². The molecule has 0 bridgehead atoms. The van der Waals surface area contributed by atoms with Crippen LogP contribution in [0.25, 0.3) is 0 Å². The van der Waals surface area contributed by atoms with Crippen LogP contribution in [0.4, 0.5) is 0 Å². The first-order valence-corrected chi connectivity index (χ1v) is 11.4. The number of carbonyl (C=O) groups excluding carboxylic acids is 2. The van der Waals surface area contributed by atoms with Gasteiger partial charge in [-0.2, -0.15) is 0 Å². The van der Waals surface area contributed by atoms with Gasteiger partial charge >= 0.3 is 0 Å². The van der Waals surface area contributed by atoms with Crippen molar-refractivity contribution in [2.75, 3.05) is 0 Å². The van der Waals surface area contributed by atoms with Gasteiger partial charge in [0, 0.05) is 20.9 Å². The Balaban J connectivity index is 1.80. The Morgan fingerprint density at radius 3 is 1.67 bits per heavy atom. The Kier molecular flexibility index (Phi) is 5.72. The van der Waals surface area contributed by atoms with Crippen molar-refractivity contribution in [3.05, 3.63) is 105 Å². The van der Waals surface area contributed by atoms with E-state index in [4.69, 9.17) is 0 Å². The number of benzene rings is 3. The van der Waals surface area contributed by atoms with E-state index in [1.807, 2.05) is 36.4 Å². The molecule has 1 aliphatic rings. The summed E-state index contributed by atoms with van der Waals surface area (Å²) in [5.74, 6) is -0.466. The van der Waals surface area contributed by atoms with Crippen molar-refractivity contribution < 1.29 is 9.59 Å². The molecule has 4 heteroatoms. The van der Waals surface area contributed by atoms with Crippen LogP contribution < -0.4 is 0 Å². The number of hydrogen-bond acceptors (Lipinski definition) is 4. The second kappa shape index (κ2) is 8.29. The van der Waals surface area contributed by atoms with Crippen molar-refractivity contribution in [3.63, 3.8) is 0 Å². The Bertz CT molecular complexity index is 1090. The van der Waals surface area contributed by atoms with Gasteiger partial charge in [-0.3, -0.25) is 9.59 Å². The third-order valence-corrected chi connectivity index (χ3v) is 7.49. The molecule has 2 nitrogen and oxygen atoms in total. The molecule has 3 aromatic rings. The Labute approximate surface area is 185 Å². The van der Waals surface area contributed by atoms with E-state index in [9.17, 15) is 9.59 Å². The van der Waals surface area contributed by atoms with Crippen molar-refractivity contribution in [3.8, 4) is 0 Å². The quantitative estimate of drug-likeness (QED) is 0.190. The Morgan fingerprint density at radius 2 is 1.17 bits per heavy atom. The van der Waals surface area contributed by atoms with Gasteiger partial charge < -0.3 is 0 Å². The van der Waals surface area contributed by atoms with Crippen molar-refractivity contribution in [2.24, 2.45) is 0 Å². The van der Waals surface area contributed by atoms with Crippen LogP contribution in [0, 0.1) is 0 Å². The molecule has 0 aromatic heterocycles.